The lowest BCUT2D eigenvalue weighted by Gasteiger charge is -2.09. The summed E-state index contributed by atoms with van der Waals surface area (Å²) in [5, 5.41) is 0. The minimum Gasteiger partial charge on any atom is -0.479 e. The van der Waals surface area contributed by atoms with Gasteiger partial charge in [-0.2, -0.15) is 0 Å². The molecule has 1 aliphatic rings. The van der Waals surface area contributed by atoms with Crippen LogP contribution >= 0.6 is 0 Å². The van der Waals surface area contributed by atoms with Crippen molar-refractivity contribution in [1.29, 1.82) is 0 Å². The number of ether oxygens (including phenoxy) is 2. The number of esters is 1. The maximum absolute atomic E-state index is 11.1. The van der Waals surface area contributed by atoms with Crippen LogP contribution in [-0.4, -0.2) is 18.7 Å². The van der Waals surface area contributed by atoms with Crippen molar-refractivity contribution >= 4 is 5.97 Å². The van der Waals surface area contributed by atoms with Gasteiger partial charge in [-0.1, -0.05) is 12.1 Å². The first-order chi connectivity index (χ1) is 6.75. The lowest BCUT2D eigenvalue weighted by atomic mass is 10.2. The van der Waals surface area contributed by atoms with Crippen molar-refractivity contribution in [3.8, 4) is 5.75 Å². The summed E-state index contributed by atoms with van der Waals surface area (Å²) in [6.45, 7) is 4.22. The van der Waals surface area contributed by atoms with Crippen molar-refractivity contribution in [2.75, 3.05) is 6.61 Å². The van der Waals surface area contributed by atoms with Crippen molar-refractivity contribution in [1.82, 2.24) is 0 Å². The maximum Gasteiger partial charge on any atom is 0.347 e. The van der Waals surface area contributed by atoms with E-state index in [-0.39, 0.29) is 5.97 Å². The van der Waals surface area contributed by atoms with Crippen molar-refractivity contribution in [2.24, 2.45) is 0 Å². The Balaban J connectivity index is 2.03. The van der Waals surface area contributed by atoms with Crippen LogP contribution in [0, 0.1) is 6.92 Å². The van der Waals surface area contributed by atoms with Crippen molar-refractivity contribution < 1.29 is 14.3 Å². The molecule has 1 heterocycles. The van der Waals surface area contributed by atoms with Crippen LogP contribution in [0.2, 0.25) is 0 Å². The standard InChI is InChI=1S/C11H11O3/c1-8-2-4-9(5-3-8)14-10-6-7-13-11(10)12/h2-5,10H,1,6-7H2/t10-/m0/s1. The Morgan fingerprint density at radius 2 is 2.07 bits per heavy atom. The molecule has 0 bridgehead atoms. The third-order valence-corrected chi connectivity index (χ3v) is 2.09. The van der Waals surface area contributed by atoms with E-state index in [4.69, 9.17) is 9.47 Å². The number of rotatable bonds is 2. The monoisotopic (exact) mass is 191 g/mol. The van der Waals surface area contributed by atoms with Crippen LogP contribution in [0.5, 0.6) is 5.75 Å². The Morgan fingerprint density at radius 3 is 2.64 bits per heavy atom. The summed E-state index contributed by atoms with van der Waals surface area (Å²) in [5.74, 6) is 0.407. The molecular formula is C11H11O3. The number of carbonyl (C=O) groups excluding carboxylic acids is 1. The van der Waals surface area contributed by atoms with Gasteiger partial charge in [0.2, 0.25) is 0 Å². The van der Waals surface area contributed by atoms with E-state index in [1.54, 1.807) is 12.1 Å². The number of carbonyl (C=O) groups is 1. The molecule has 0 unspecified atom stereocenters. The zero-order chi connectivity index (χ0) is 9.97. The topological polar surface area (TPSA) is 35.5 Å². The first kappa shape index (κ1) is 9.06. The van der Waals surface area contributed by atoms with Gasteiger partial charge >= 0.3 is 5.97 Å². The van der Waals surface area contributed by atoms with Gasteiger partial charge in [0.15, 0.2) is 6.10 Å². The molecule has 0 spiro atoms. The van der Waals surface area contributed by atoms with Gasteiger partial charge in [-0.25, -0.2) is 4.79 Å². The smallest absolute Gasteiger partial charge is 0.347 e. The molecule has 3 nitrogen and oxygen atoms in total. The van der Waals surface area contributed by atoms with Crippen molar-refractivity contribution in [2.45, 2.75) is 12.5 Å². The fraction of sp³-hybridized carbons (Fsp3) is 0.273. The van der Waals surface area contributed by atoms with E-state index >= 15 is 0 Å². The van der Waals surface area contributed by atoms with Gasteiger partial charge in [-0.15, -0.1) is 0 Å². The first-order valence-corrected chi connectivity index (χ1v) is 4.51. The summed E-state index contributed by atoms with van der Waals surface area (Å²) in [5.41, 5.74) is 0.923. The highest BCUT2D eigenvalue weighted by molar-refractivity contribution is 5.76. The fourth-order valence-electron chi connectivity index (χ4n) is 1.32. The maximum atomic E-state index is 11.1. The van der Waals surface area contributed by atoms with Gasteiger partial charge in [-0.3, -0.25) is 0 Å². The summed E-state index contributed by atoms with van der Waals surface area (Å²) in [6, 6.07) is 7.28. The largest absolute Gasteiger partial charge is 0.479 e. The van der Waals surface area contributed by atoms with Crippen LogP contribution in [0.4, 0.5) is 0 Å². The number of benzene rings is 1. The Morgan fingerprint density at radius 1 is 1.36 bits per heavy atom. The van der Waals surface area contributed by atoms with Crippen molar-refractivity contribution in [3.63, 3.8) is 0 Å². The van der Waals surface area contributed by atoms with Crippen LogP contribution in [0.1, 0.15) is 12.0 Å². The van der Waals surface area contributed by atoms with Crippen LogP contribution in [0.3, 0.4) is 0 Å². The zero-order valence-corrected chi connectivity index (χ0v) is 7.73. The lowest BCUT2D eigenvalue weighted by molar-refractivity contribution is -0.143. The quantitative estimate of drug-likeness (QED) is 0.665. The molecule has 1 fully saturated rings. The molecule has 1 radical (unpaired) electrons. The minimum absolute atomic E-state index is 0.274. The predicted molar refractivity (Wildman–Crippen MR) is 50.9 cm³/mol. The highest BCUT2D eigenvalue weighted by Gasteiger charge is 2.28. The number of cyclic esters (lactones) is 1. The summed E-state index contributed by atoms with van der Waals surface area (Å²) in [7, 11) is 0. The number of hydrogen-bond donors (Lipinski definition) is 0. The van der Waals surface area contributed by atoms with Crippen molar-refractivity contribution in [3.05, 3.63) is 36.8 Å². The molecule has 1 atom stereocenters. The molecule has 14 heavy (non-hydrogen) atoms. The molecule has 73 valence electrons. The molecule has 3 heteroatoms. The Labute approximate surface area is 82.6 Å². The normalized spacial score (nSPS) is 20.6. The SMILES string of the molecule is [CH2]c1ccc(O[C@H]2CCOC2=O)cc1. The summed E-state index contributed by atoms with van der Waals surface area (Å²) in [4.78, 5) is 11.1. The summed E-state index contributed by atoms with van der Waals surface area (Å²) >= 11 is 0. The molecule has 1 saturated heterocycles. The van der Waals surface area contributed by atoms with Gasteiger partial charge < -0.3 is 9.47 Å². The van der Waals surface area contributed by atoms with E-state index in [0.717, 1.165) is 5.56 Å². The molecule has 0 amide bonds. The molecule has 0 aliphatic carbocycles. The second-order valence-corrected chi connectivity index (χ2v) is 3.21. The van der Waals surface area contributed by atoms with Crippen LogP contribution in [0.25, 0.3) is 0 Å². The molecule has 0 saturated carbocycles. The Hall–Kier alpha value is -1.51. The third kappa shape index (κ3) is 1.87. The average molecular weight is 191 g/mol. The molecular weight excluding hydrogens is 180 g/mol. The Kier molecular flexibility index (Phi) is 2.39. The van der Waals surface area contributed by atoms with Gasteiger partial charge in [-0.05, 0) is 24.6 Å². The zero-order valence-electron chi connectivity index (χ0n) is 7.73. The van der Waals surface area contributed by atoms with Gasteiger partial charge in [0, 0.05) is 6.42 Å². The van der Waals surface area contributed by atoms with E-state index < -0.39 is 6.10 Å². The molecule has 1 aromatic carbocycles. The molecule has 1 aromatic rings. The second kappa shape index (κ2) is 3.70. The lowest BCUT2D eigenvalue weighted by Crippen LogP contribution is -2.21. The highest BCUT2D eigenvalue weighted by atomic mass is 16.6. The Bertz CT molecular complexity index is 329. The second-order valence-electron chi connectivity index (χ2n) is 3.21. The average Bonchev–Trinajstić information content (AvgIpc) is 2.56. The van der Waals surface area contributed by atoms with Gasteiger partial charge in [0.1, 0.15) is 5.75 Å². The molecule has 2 rings (SSSR count). The van der Waals surface area contributed by atoms with E-state index in [0.29, 0.717) is 18.8 Å². The molecule has 1 aliphatic heterocycles. The van der Waals surface area contributed by atoms with Crippen LogP contribution in [0.15, 0.2) is 24.3 Å². The van der Waals surface area contributed by atoms with Crippen LogP contribution < -0.4 is 4.74 Å². The first-order valence-electron chi connectivity index (χ1n) is 4.51. The number of hydrogen-bond acceptors (Lipinski definition) is 3. The molecule has 0 N–H and O–H groups in total. The third-order valence-electron chi connectivity index (χ3n) is 2.09. The van der Waals surface area contributed by atoms with E-state index in [1.165, 1.54) is 0 Å². The highest BCUT2D eigenvalue weighted by Crippen LogP contribution is 2.17. The fourth-order valence-corrected chi connectivity index (χ4v) is 1.32. The van der Waals surface area contributed by atoms with Crippen LogP contribution in [-0.2, 0) is 9.53 Å². The van der Waals surface area contributed by atoms with E-state index in [2.05, 4.69) is 6.92 Å². The predicted octanol–water partition coefficient (Wildman–Crippen LogP) is 1.56. The van der Waals surface area contributed by atoms with E-state index in [9.17, 15) is 4.79 Å². The summed E-state index contributed by atoms with van der Waals surface area (Å²) < 4.78 is 10.2. The van der Waals surface area contributed by atoms with E-state index in [1.807, 2.05) is 12.1 Å². The summed E-state index contributed by atoms with van der Waals surface area (Å²) in [6.07, 6.45) is 0.191. The van der Waals surface area contributed by atoms with Gasteiger partial charge in [0.05, 0.1) is 6.61 Å². The molecule has 0 aromatic heterocycles. The minimum atomic E-state index is -0.439. The van der Waals surface area contributed by atoms with Gasteiger partial charge in [0.25, 0.3) is 0 Å².